The van der Waals surface area contributed by atoms with Crippen LogP contribution in [0.25, 0.3) is 10.2 Å². The van der Waals surface area contributed by atoms with Crippen LogP contribution in [0.3, 0.4) is 0 Å². The second kappa shape index (κ2) is 7.43. The van der Waals surface area contributed by atoms with Crippen molar-refractivity contribution in [1.82, 2.24) is 19.7 Å². The molecule has 148 valence electrons. The van der Waals surface area contributed by atoms with Crippen molar-refractivity contribution in [1.29, 1.82) is 0 Å². The van der Waals surface area contributed by atoms with Gasteiger partial charge in [-0.15, -0.1) is 0 Å². The highest BCUT2D eigenvalue weighted by Crippen LogP contribution is 2.37. The summed E-state index contributed by atoms with van der Waals surface area (Å²) in [4.78, 5) is 21.7. The minimum atomic E-state index is 0.0342. The van der Waals surface area contributed by atoms with E-state index >= 15 is 0 Å². The van der Waals surface area contributed by atoms with Gasteiger partial charge in [-0.3, -0.25) is 9.48 Å². The minimum absolute atomic E-state index is 0.0342. The molecule has 0 saturated carbocycles. The number of aryl methyl sites for hydroxylation is 2. The van der Waals surface area contributed by atoms with Crippen LogP contribution in [-0.2, 0) is 7.05 Å². The van der Waals surface area contributed by atoms with Crippen LogP contribution in [0, 0.1) is 6.92 Å². The lowest BCUT2D eigenvalue weighted by Gasteiger charge is -2.36. The second-order valence-electron chi connectivity index (χ2n) is 7.30. The highest BCUT2D eigenvalue weighted by molar-refractivity contribution is 7.22. The molecule has 0 aliphatic carbocycles. The number of ether oxygens (including phenoxy) is 1. The third-order valence-corrected chi connectivity index (χ3v) is 6.72. The molecule has 0 atom stereocenters. The Balaban J connectivity index is 1.46. The Morgan fingerprint density at radius 2 is 2.07 bits per heavy atom. The number of methoxy groups -OCH3 is 1. The molecular weight excluding hydrogens is 374 g/mol. The molecule has 0 radical (unpaired) electrons. The molecule has 1 fully saturated rings. The molecule has 0 bridgehead atoms. The molecule has 2 aromatic heterocycles. The van der Waals surface area contributed by atoms with Gasteiger partial charge in [0.15, 0.2) is 5.13 Å². The van der Waals surface area contributed by atoms with Crippen LogP contribution in [0.1, 0.15) is 28.8 Å². The Hall–Kier alpha value is -2.61. The van der Waals surface area contributed by atoms with Crippen molar-refractivity contribution in [3.63, 3.8) is 0 Å². The molecular formula is C20H25N5O2S. The summed E-state index contributed by atoms with van der Waals surface area (Å²) in [5, 5.41) is 5.13. The maximum atomic E-state index is 12.7. The van der Waals surface area contributed by atoms with E-state index in [2.05, 4.69) is 23.0 Å². The van der Waals surface area contributed by atoms with Crippen molar-refractivity contribution in [3.8, 4) is 5.75 Å². The van der Waals surface area contributed by atoms with Gasteiger partial charge in [0.1, 0.15) is 11.3 Å². The molecule has 0 unspecified atom stereocenters. The van der Waals surface area contributed by atoms with E-state index in [1.54, 1.807) is 35.5 Å². The number of nitrogens with zero attached hydrogens (tertiary/aromatic N) is 5. The smallest absolute Gasteiger partial charge is 0.257 e. The van der Waals surface area contributed by atoms with Crippen LogP contribution in [0.5, 0.6) is 5.75 Å². The average molecular weight is 400 g/mol. The number of thiazole rings is 1. The van der Waals surface area contributed by atoms with Gasteiger partial charge in [-0.2, -0.15) is 5.10 Å². The number of benzene rings is 1. The van der Waals surface area contributed by atoms with Crippen molar-refractivity contribution in [2.75, 3.05) is 32.1 Å². The minimum Gasteiger partial charge on any atom is -0.494 e. The first-order valence-corrected chi connectivity index (χ1v) is 10.2. The Kier molecular flexibility index (Phi) is 4.97. The number of hydrogen-bond acceptors (Lipinski definition) is 6. The van der Waals surface area contributed by atoms with Crippen LogP contribution < -0.4 is 9.64 Å². The fourth-order valence-electron chi connectivity index (χ4n) is 3.74. The Morgan fingerprint density at radius 3 is 2.71 bits per heavy atom. The number of carbonyl (C=O) groups is 1. The molecule has 1 aliphatic heterocycles. The molecule has 1 aliphatic rings. The van der Waals surface area contributed by atoms with Crippen molar-refractivity contribution < 1.29 is 9.53 Å². The molecule has 1 amide bonds. The maximum Gasteiger partial charge on any atom is 0.257 e. The van der Waals surface area contributed by atoms with Crippen molar-refractivity contribution in [3.05, 3.63) is 35.7 Å². The summed E-state index contributed by atoms with van der Waals surface area (Å²) in [6.45, 7) is 3.88. The molecule has 0 N–H and O–H groups in total. The standard InChI is InChI=1S/C20H25N5O2S/c1-13-5-6-16(27-4)17-18(13)28-20(22-17)25-9-7-15(8-10-25)24(3)19(26)14-11-21-23(2)12-14/h5-6,11-12,15H,7-10H2,1-4H3. The van der Waals surface area contributed by atoms with E-state index in [0.717, 1.165) is 42.3 Å². The third-order valence-electron chi connectivity index (χ3n) is 5.47. The molecule has 8 heteroatoms. The first-order chi connectivity index (χ1) is 13.5. The Morgan fingerprint density at radius 1 is 1.32 bits per heavy atom. The van der Waals surface area contributed by atoms with Gasteiger partial charge in [-0.1, -0.05) is 17.4 Å². The summed E-state index contributed by atoms with van der Waals surface area (Å²) in [5.41, 5.74) is 2.80. The zero-order valence-electron chi connectivity index (χ0n) is 16.7. The molecule has 7 nitrogen and oxygen atoms in total. The summed E-state index contributed by atoms with van der Waals surface area (Å²) in [6.07, 6.45) is 5.25. The number of anilines is 1. The Bertz CT molecular complexity index is 1000. The van der Waals surface area contributed by atoms with Crippen molar-refractivity contribution >= 4 is 32.6 Å². The van der Waals surface area contributed by atoms with E-state index in [9.17, 15) is 4.79 Å². The lowest BCUT2D eigenvalue weighted by atomic mass is 10.0. The first-order valence-electron chi connectivity index (χ1n) is 9.43. The van der Waals surface area contributed by atoms with Crippen molar-refractivity contribution in [2.45, 2.75) is 25.8 Å². The van der Waals surface area contributed by atoms with Crippen molar-refractivity contribution in [2.24, 2.45) is 7.05 Å². The van der Waals surface area contributed by atoms with Gasteiger partial charge >= 0.3 is 0 Å². The largest absolute Gasteiger partial charge is 0.494 e. The summed E-state index contributed by atoms with van der Waals surface area (Å²) in [6, 6.07) is 4.29. The third kappa shape index (κ3) is 3.32. The summed E-state index contributed by atoms with van der Waals surface area (Å²) < 4.78 is 8.32. The van der Waals surface area contributed by atoms with Gasteiger partial charge in [0, 0.05) is 39.4 Å². The quantitative estimate of drug-likeness (QED) is 0.675. The number of amides is 1. The molecule has 0 spiro atoms. The van der Waals surface area contributed by atoms with Gasteiger partial charge in [-0.25, -0.2) is 4.98 Å². The van der Waals surface area contributed by atoms with Crippen LogP contribution >= 0.6 is 11.3 Å². The molecule has 28 heavy (non-hydrogen) atoms. The lowest BCUT2D eigenvalue weighted by Crippen LogP contribution is -2.45. The van der Waals surface area contributed by atoms with E-state index in [0.29, 0.717) is 5.56 Å². The van der Waals surface area contributed by atoms with Crippen LogP contribution in [0.4, 0.5) is 5.13 Å². The number of rotatable bonds is 4. The zero-order chi connectivity index (χ0) is 19.8. The highest BCUT2D eigenvalue weighted by Gasteiger charge is 2.28. The predicted molar refractivity (Wildman–Crippen MR) is 111 cm³/mol. The molecule has 1 aromatic carbocycles. The van der Waals surface area contributed by atoms with Crippen LogP contribution in [0.15, 0.2) is 24.5 Å². The van der Waals surface area contributed by atoms with E-state index < -0.39 is 0 Å². The van der Waals surface area contributed by atoms with Gasteiger partial charge in [0.05, 0.1) is 23.6 Å². The predicted octanol–water partition coefficient (Wildman–Crippen LogP) is 3.09. The average Bonchev–Trinajstić information content (AvgIpc) is 3.35. The lowest BCUT2D eigenvalue weighted by molar-refractivity contribution is 0.0709. The monoisotopic (exact) mass is 399 g/mol. The van der Waals surface area contributed by atoms with Gasteiger partial charge in [0.2, 0.25) is 0 Å². The number of aromatic nitrogens is 3. The van der Waals surface area contributed by atoms with E-state index in [-0.39, 0.29) is 11.9 Å². The summed E-state index contributed by atoms with van der Waals surface area (Å²) in [5.74, 6) is 0.853. The zero-order valence-corrected chi connectivity index (χ0v) is 17.5. The number of fused-ring (bicyclic) bond motifs is 1. The topological polar surface area (TPSA) is 63.5 Å². The first kappa shape index (κ1) is 18.7. The summed E-state index contributed by atoms with van der Waals surface area (Å²) >= 11 is 1.72. The van der Waals surface area contributed by atoms with Gasteiger partial charge < -0.3 is 14.5 Å². The van der Waals surface area contributed by atoms with E-state index in [1.165, 1.54) is 10.3 Å². The normalized spacial score (nSPS) is 15.2. The molecule has 3 heterocycles. The molecule has 1 saturated heterocycles. The summed E-state index contributed by atoms with van der Waals surface area (Å²) in [7, 11) is 5.40. The fourth-order valence-corrected chi connectivity index (χ4v) is 4.85. The number of piperidine rings is 1. The van der Waals surface area contributed by atoms with Crippen LogP contribution in [0.2, 0.25) is 0 Å². The van der Waals surface area contributed by atoms with E-state index in [4.69, 9.17) is 9.72 Å². The SMILES string of the molecule is COc1ccc(C)c2sc(N3CCC(N(C)C(=O)c4cnn(C)c4)CC3)nc12. The number of hydrogen-bond donors (Lipinski definition) is 0. The van der Waals surface area contributed by atoms with Gasteiger partial charge in [0.25, 0.3) is 5.91 Å². The Labute approximate surface area is 168 Å². The van der Waals surface area contributed by atoms with Crippen LogP contribution in [-0.4, -0.2) is 58.9 Å². The molecule has 3 aromatic rings. The highest BCUT2D eigenvalue weighted by atomic mass is 32.1. The number of carbonyl (C=O) groups excluding carboxylic acids is 1. The van der Waals surface area contributed by atoms with Gasteiger partial charge in [-0.05, 0) is 31.4 Å². The van der Waals surface area contributed by atoms with E-state index in [1.807, 2.05) is 25.1 Å². The maximum absolute atomic E-state index is 12.7. The molecule has 4 rings (SSSR count). The fraction of sp³-hybridized carbons (Fsp3) is 0.450. The second-order valence-corrected chi connectivity index (χ2v) is 8.27.